The van der Waals surface area contributed by atoms with Crippen molar-refractivity contribution in [1.29, 1.82) is 0 Å². The molecule has 3 aliphatic rings. The maximum atomic E-state index is 4.16. The van der Waals surface area contributed by atoms with Gasteiger partial charge in [0.15, 0.2) is 0 Å². The van der Waals surface area contributed by atoms with E-state index in [1.807, 2.05) is 19.6 Å². The number of aliphatic imine (C=N–C) groups is 3. The Balaban J connectivity index is 0.000000214. The summed E-state index contributed by atoms with van der Waals surface area (Å²) in [6.45, 7) is 20.7. The van der Waals surface area contributed by atoms with Crippen molar-refractivity contribution in [2.45, 2.75) is 34.1 Å². The molecule has 0 fully saturated rings. The van der Waals surface area contributed by atoms with E-state index in [2.05, 4.69) is 62.4 Å². The maximum Gasteiger partial charge on any atom is 0.0956 e. The number of nitrogens with zero attached hydrogens (tertiary/aromatic N) is 7. The molecule has 0 spiro atoms. The molecule has 0 saturated carbocycles. The van der Waals surface area contributed by atoms with Crippen LogP contribution >= 0.6 is 0 Å². The molecule has 3 rings (SSSR count). The lowest BCUT2D eigenvalue weighted by Crippen LogP contribution is -2.32. The minimum atomic E-state index is 0.966. The molecule has 3 heterocycles. The zero-order valence-electron chi connectivity index (χ0n) is 18.3. The van der Waals surface area contributed by atoms with Crippen molar-refractivity contribution in [2.75, 3.05) is 79.0 Å². The molecule has 0 aromatic heterocycles. The summed E-state index contributed by atoms with van der Waals surface area (Å²) in [6.07, 6.45) is 5.18. The van der Waals surface area contributed by atoms with E-state index in [1.54, 1.807) is 0 Å². The van der Waals surface area contributed by atoms with Crippen LogP contribution in [0, 0.1) is 0 Å². The highest BCUT2D eigenvalue weighted by Crippen LogP contribution is 1.97. The SMILES string of the molecule is C1=NCCN1CCN1C=NCC1.CC1=NCCN1C.CCCN(CC)CC. The van der Waals surface area contributed by atoms with E-state index in [9.17, 15) is 0 Å². The summed E-state index contributed by atoms with van der Waals surface area (Å²) in [5, 5.41) is 0. The van der Waals surface area contributed by atoms with Crippen LogP contribution in [0.5, 0.6) is 0 Å². The summed E-state index contributed by atoms with van der Waals surface area (Å²) in [5.41, 5.74) is 0. The number of rotatable bonds is 7. The molecule has 0 amide bonds. The summed E-state index contributed by atoms with van der Waals surface area (Å²) >= 11 is 0. The molecule has 7 nitrogen and oxygen atoms in total. The second-order valence-corrected chi connectivity index (χ2v) is 6.99. The fraction of sp³-hybridized carbons (Fsp3) is 0.850. The lowest BCUT2D eigenvalue weighted by atomic mass is 10.4. The van der Waals surface area contributed by atoms with Crippen LogP contribution in [0.1, 0.15) is 34.1 Å². The first-order valence-corrected chi connectivity index (χ1v) is 10.5. The Morgan fingerprint density at radius 1 is 0.889 bits per heavy atom. The standard InChI is InChI=1S/C8H14N4.C7H17N.C5H10N2/c1-3-11(7-9-1)5-6-12-4-2-10-8-12;1-4-7-8(5-2)6-3;1-5-6-3-4-7(5)2/h7-8H,1-6H2;4-7H2,1-3H3;3-4H2,1-2H3. The van der Waals surface area contributed by atoms with Gasteiger partial charge in [0.2, 0.25) is 0 Å². The first kappa shape index (κ1) is 23.4. The quantitative estimate of drug-likeness (QED) is 0.676. The molecule has 0 bridgehead atoms. The van der Waals surface area contributed by atoms with Crippen molar-refractivity contribution < 1.29 is 0 Å². The summed E-state index contributed by atoms with van der Waals surface area (Å²) in [5.74, 6) is 1.17. The van der Waals surface area contributed by atoms with Crippen molar-refractivity contribution in [3.63, 3.8) is 0 Å². The third-order valence-corrected chi connectivity index (χ3v) is 4.96. The van der Waals surface area contributed by atoms with Crippen LogP contribution in [0.25, 0.3) is 0 Å². The molecule has 0 unspecified atom stereocenters. The highest BCUT2D eigenvalue weighted by atomic mass is 15.3. The summed E-state index contributed by atoms with van der Waals surface area (Å²) < 4.78 is 0. The Kier molecular flexibility index (Phi) is 12.5. The van der Waals surface area contributed by atoms with Crippen LogP contribution in [0.4, 0.5) is 0 Å². The van der Waals surface area contributed by atoms with Crippen LogP contribution in [-0.2, 0) is 0 Å². The molecule has 27 heavy (non-hydrogen) atoms. The van der Waals surface area contributed by atoms with Crippen LogP contribution in [0.15, 0.2) is 15.0 Å². The average Bonchev–Trinajstić information content (AvgIpc) is 3.44. The first-order valence-electron chi connectivity index (χ1n) is 10.5. The molecule has 0 aliphatic carbocycles. The number of hydrogen-bond acceptors (Lipinski definition) is 7. The van der Waals surface area contributed by atoms with Gasteiger partial charge in [-0.25, -0.2) is 0 Å². The highest BCUT2D eigenvalue weighted by Gasteiger charge is 2.08. The van der Waals surface area contributed by atoms with E-state index in [-0.39, 0.29) is 0 Å². The minimum absolute atomic E-state index is 0.966. The van der Waals surface area contributed by atoms with Gasteiger partial charge in [-0.1, -0.05) is 20.8 Å². The topological polar surface area (TPSA) is 50.0 Å². The van der Waals surface area contributed by atoms with Crippen LogP contribution in [-0.4, -0.2) is 117 Å². The average molecular weight is 380 g/mol. The Labute approximate surface area is 166 Å². The highest BCUT2D eigenvalue weighted by molar-refractivity contribution is 5.80. The molecule has 0 atom stereocenters. The van der Waals surface area contributed by atoms with Gasteiger partial charge in [-0.05, 0) is 33.0 Å². The van der Waals surface area contributed by atoms with Crippen molar-refractivity contribution in [1.82, 2.24) is 19.6 Å². The number of likely N-dealkylation sites (N-methyl/N-ethyl adjacent to an activating group) is 1. The molecule has 156 valence electrons. The molecule has 0 aromatic carbocycles. The lowest BCUT2D eigenvalue weighted by Gasteiger charge is -2.18. The van der Waals surface area contributed by atoms with Gasteiger partial charge in [0, 0.05) is 39.8 Å². The van der Waals surface area contributed by atoms with E-state index in [1.165, 1.54) is 31.9 Å². The van der Waals surface area contributed by atoms with Gasteiger partial charge in [0.1, 0.15) is 0 Å². The molecular formula is C20H41N7. The fourth-order valence-electron chi connectivity index (χ4n) is 2.93. The fourth-order valence-corrected chi connectivity index (χ4v) is 2.93. The van der Waals surface area contributed by atoms with Gasteiger partial charge < -0.3 is 19.6 Å². The van der Waals surface area contributed by atoms with Crippen molar-refractivity contribution >= 4 is 18.5 Å². The van der Waals surface area contributed by atoms with Gasteiger partial charge in [-0.15, -0.1) is 0 Å². The largest absolute Gasteiger partial charge is 0.362 e. The Morgan fingerprint density at radius 3 is 1.67 bits per heavy atom. The van der Waals surface area contributed by atoms with Crippen LogP contribution < -0.4 is 0 Å². The maximum absolute atomic E-state index is 4.16. The second-order valence-electron chi connectivity index (χ2n) is 6.99. The smallest absolute Gasteiger partial charge is 0.0956 e. The minimum Gasteiger partial charge on any atom is -0.362 e. The van der Waals surface area contributed by atoms with Gasteiger partial charge >= 0.3 is 0 Å². The molecule has 0 radical (unpaired) electrons. The number of hydrogen-bond donors (Lipinski definition) is 0. The summed E-state index contributed by atoms with van der Waals surface area (Å²) in [4.78, 5) is 21.6. The molecule has 0 N–H and O–H groups in total. The van der Waals surface area contributed by atoms with E-state index >= 15 is 0 Å². The van der Waals surface area contributed by atoms with Gasteiger partial charge in [0.05, 0.1) is 38.1 Å². The van der Waals surface area contributed by atoms with Crippen molar-refractivity contribution in [2.24, 2.45) is 15.0 Å². The molecular weight excluding hydrogens is 338 g/mol. The molecule has 3 aliphatic heterocycles. The molecule has 0 saturated heterocycles. The summed E-state index contributed by atoms with van der Waals surface area (Å²) in [6, 6.07) is 0. The van der Waals surface area contributed by atoms with Crippen molar-refractivity contribution in [3.05, 3.63) is 0 Å². The normalized spacial score (nSPS) is 17.9. The van der Waals surface area contributed by atoms with Gasteiger partial charge in [-0.2, -0.15) is 0 Å². The van der Waals surface area contributed by atoms with E-state index in [0.29, 0.717) is 0 Å². The predicted molar refractivity (Wildman–Crippen MR) is 119 cm³/mol. The molecule has 7 heteroatoms. The Morgan fingerprint density at radius 2 is 1.44 bits per heavy atom. The zero-order chi connectivity index (χ0) is 19.9. The predicted octanol–water partition coefficient (Wildman–Crippen LogP) is 1.76. The molecule has 0 aromatic rings. The van der Waals surface area contributed by atoms with Gasteiger partial charge in [0.25, 0.3) is 0 Å². The van der Waals surface area contributed by atoms with E-state index < -0.39 is 0 Å². The second kappa shape index (κ2) is 14.4. The first-order chi connectivity index (χ1) is 13.1. The number of amidine groups is 1. The lowest BCUT2D eigenvalue weighted by molar-refractivity contribution is 0.304. The Hall–Kier alpha value is -1.63. The van der Waals surface area contributed by atoms with E-state index in [4.69, 9.17) is 0 Å². The third-order valence-electron chi connectivity index (χ3n) is 4.96. The van der Waals surface area contributed by atoms with E-state index in [0.717, 1.165) is 52.4 Å². The Bertz CT molecular complexity index is 435. The van der Waals surface area contributed by atoms with Gasteiger partial charge in [-0.3, -0.25) is 15.0 Å². The van der Waals surface area contributed by atoms with Crippen LogP contribution in [0.3, 0.4) is 0 Å². The third kappa shape index (κ3) is 10.3. The zero-order valence-corrected chi connectivity index (χ0v) is 18.3. The monoisotopic (exact) mass is 379 g/mol. The van der Waals surface area contributed by atoms with Crippen molar-refractivity contribution in [3.8, 4) is 0 Å². The summed E-state index contributed by atoms with van der Waals surface area (Å²) in [7, 11) is 2.06. The van der Waals surface area contributed by atoms with Crippen LogP contribution in [0.2, 0.25) is 0 Å².